The van der Waals surface area contributed by atoms with Crippen molar-refractivity contribution < 1.29 is 0 Å². The molecule has 0 bridgehead atoms. The highest BCUT2D eigenvalue weighted by Gasteiger charge is 2.20. The number of likely N-dealkylation sites (N-methyl/N-ethyl adjacent to an activating group) is 2. The zero-order valence-electron chi connectivity index (χ0n) is 24.5. The fourth-order valence-electron chi connectivity index (χ4n) is 5.92. The summed E-state index contributed by atoms with van der Waals surface area (Å²) in [6.07, 6.45) is 10.9. The molecule has 3 heterocycles. The fraction of sp³-hybridized carbons (Fsp3) is 0.382. The van der Waals surface area contributed by atoms with Crippen molar-refractivity contribution in [3.8, 4) is 11.3 Å². The van der Waals surface area contributed by atoms with Gasteiger partial charge in [0.2, 0.25) is 0 Å². The molecule has 3 aromatic rings. The maximum atomic E-state index is 6.09. The minimum absolute atomic E-state index is 0.411. The Hall–Kier alpha value is -3.81. The maximum absolute atomic E-state index is 6.09. The minimum atomic E-state index is 0.411. The van der Waals surface area contributed by atoms with E-state index in [1.807, 2.05) is 60.6 Å². The second-order valence-corrected chi connectivity index (χ2v) is 11.4. The van der Waals surface area contributed by atoms with E-state index in [1.165, 1.54) is 64.8 Å². The molecule has 1 saturated heterocycles. The monoisotopic (exact) mass is 549 g/mol. The van der Waals surface area contributed by atoms with Gasteiger partial charge < -0.3 is 20.4 Å². The lowest BCUT2D eigenvalue weighted by Crippen LogP contribution is -2.46. The number of aromatic nitrogens is 1. The summed E-state index contributed by atoms with van der Waals surface area (Å²) in [5.74, 6) is 1.43. The molecule has 1 saturated carbocycles. The summed E-state index contributed by atoms with van der Waals surface area (Å²) >= 11 is 0. The highest BCUT2D eigenvalue weighted by Crippen LogP contribution is 2.28. The van der Waals surface area contributed by atoms with Crippen molar-refractivity contribution in [2.75, 3.05) is 46.8 Å². The van der Waals surface area contributed by atoms with Crippen LogP contribution in [0.2, 0.25) is 0 Å². The summed E-state index contributed by atoms with van der Waals surface area (Å²) < 4.78 is 0. The second kappa shape index (κ2) is 13.7. The van der Waals surface area contributed by atoms with Crippen molar-refractivity contribution in [1.82, 2.24) is 19.7 Å². The third kappa shape index (κ3) is 7.29. The van der Waals surface area contributed by atoms with Gasteiger partial charge in [0.15, 0.2) is 0 Å². The van der Waals surface area contributed by atoms with Gasteiger partial charge in [-0.05, 0) is 44.7 Å². The predicted octanol–water partition coefficient (Wildman–Crippen LogP) is 5.86. The number of aliphatic imine (C=N–C) groups is 2. The molecule has 2 N–H and O–H groups in total. The quantitative estimate of drug-likeness (QED) is 0.404. The van der Waals surface area contributed by atoms with E-state index in [0.29, 0.717) is 11.5 Å². The van der Waals surface area contributed by atoms with Crippen LogP contribution in [0.4, 0.5) is 0 Å². The van der Waals surface area contributed by atoms with E-state index in [-0.39, 0.29) is 0 Å². The average Bonchev–Trinajstić information content (AvgIpc) is 3.01. The van der Waals surface area contributed by atoms with Crippen molar-refractivity contribution in [3.05, 3.63) is 84.3 Å². The van der Waals surface area contributed by atoms with Gasteiger partial charge in [0.1, 0.15) is 11.5 Å². The molecule has 214 valence electrons. The normalized spacial score (nSPS) is 19.9. The van der Waals surface area contributed by atoms with Gasteiger partial charge in [-0.15, -0.1) is 0 Å². The number of hydrogen-bond acceptors (Lipinski definition) is 7. The van der Waals surface area contributed by atoms with Crippen molar-refractivity contribution in [2.45, 2.75) is 32.1 Å². The molecule has 0 unspecified atom stereocenters. The molecule has 3 aliphatic rings. The lowest BCUT2D eigenvalue weighted by Gasteiger charge is -2.35. The highest BCUT2D eigenvalue weighted by molar-refractivity contribution is 6.05. The molecule has 7 heteroatoms. The van der Waals surface area contributed by atoms with Crippen LogP contribution in [0.1, 0.15) is 37.7 Å². The molecule has 0 atom stereocenters. The number of pyridine rings is 1. The first-order valence-corrected chi connectivity index (χ1v) is 14.8. The Morgan fingerprint density at radius 3 is 2.39 bits per heavy atom. The Kier molecular flexibility index (Phi) is 9.59. The summed E-state index contributed by atoms with van der Waals surface area (Å²) in [7, 11) is 4.14. The third-order valence-electron chi connectivity index (χ3n) is 8.35. The summed E-state index contributed by atoms with van der Waals surface area (Å²) in [5.41, 5.74) is 11.3. The van der Waals surface area contributed by atoms with Crippen LogP contribution in [0.5, 0.6) is 0 Å². The molecule has 2 aliphatic heterocycles. The summed E-state index contributed by atoms with van der Waals surface area (Å²) in [6.45, 7) is 10.3. The van der Waals surface area contributed by atoms with Gasteiger partial charge >= 0.3 is 0 Å². The van der Waals surface area contributed by atoms with Crippen LogP contribution < -0.4 is 5.73 Å². The average molecular weight is 550 g/mol. The zero-order valence-corrected chi connectivity index (χ0v) is 24.5. The second-order valence-electron chi connectivity index (χ2n) is 11.4. The van der Waals surface area contributed by atoms with Gasteiger partial charge in [-0.3, -0.25) is 4.99 Å². The van der Waals surface area contributed by atoms with E-state index in [4.69, 9.17) is 10.7 Å². The standard InChI is InChI=1S/C22H19N5.C12H24N2/c1-24-20(21-22(23)25-12-13-27(21)2)17-9-8-16-10-11-18(26-19(16)14-17)15-6-4-3-5-7-15;1-13-7-9-14(10-8-13)11-12-5-3-2-4-6-12/h3-14H,1H2,2H3,(H2,23,25);12H,2-11H2,1H3/b21-20-;. The number of nitrogens with two attached hydrogens (primary N) is 1. The Bertz CT molecular complexity index is 1410. The number of fused-ring (bicyclic) bond motifs is 1. The van der Waals surface area contributed by atoms with Gasteiger partial charge in [-0.1, -0.05) is 67.8 Å². The van der Waals surface area contributed by atoms with Gasteiger partial charge in [0.25, 0.3) is 0 Å². The molecule has 1 aliphatic carbocycles. The molecule has 6 rings (SSSR count). The number of hydrogen-bond donors (Lipinski definition) is 1. The minimum Gasteiger partial charge on any atom is -0.382 e. The Morgan fingerprint density at radius 2 is 1.68 bits per heavy atom. The number of nitrogens with zero attached hydrogens (tertiary/aromatic N) is 6. The number of benzene rings is 2. The maximum Gasteiger partial charge on any atom is 0.149 e. The lowest BCUT2D eigenvalue weighted by atomic mass is 9.89. The summed E-state index contributed by atoms with van der Waals surface area (Å²) in [4.78, 5) is 20.3. The van der Waals surface area contributed by atoms with Crippen molar-refractivity contribution >= 4 is 29.2 Å². The molecular weight excluding hydrogens is 506 g/mol. The number of amidine groups is 1. The van der Waals surface area contributed by atoms with E-state index in [0.717, 1.165) is 39.3 Å². The van der Waals surface area contributed by atoms with Crippen LogP contribution in [-0.2, 0) is 0 Å². The van der Waals surface area contributed by atoms with E-state index >= 15 is 0 Å². The SMILES string of the molecule is C=N/C(=C1/C(N)=NC=CN1C)c1ccc2ccc(-c3ccccc3)nc2c1.CN1CCN(CC2CCCCC2)CC1. The molecule has 0 radical (unpaired) electrons. The first kappa shape index (κ1) is 28.7. The van der Waals surface area contributed by atoms with Crippen LogP contribution in [0.15, 0.2) is 88.7 Å². The highest BCUT2D eigenvalue weighted by atomic mass is 15.2. The molecule has 7 nitrogen and oxygen atoms in total. The van der Waals surface area contributed by atoms with Crippen molar-refractivity contribution in [1.29, 1.82) is 0 Å². The summed E-state index contributed by atoms with van der Waals surface area (Å²) in [5, 5.41) is 1.06. The van der Waals surface area contributed by atoms with Gasteiger partial charge in [-0.25, -0.2) is 9.98 Å². The van der Waals surface area contributed by atoms with E-state index in [9.17, 15) is 0 Å². The van der Waals surface area contributed by atoms with Crippen molar-refractivity contribution in [3.63, 3.8) is 0 Å². The molecule has 0 amide bonds. The van der Waals surface area contributed by atoms with Gasteiger partial charge in [0.05, 0.1) is 16.9 Å². The van der Waals surface area contributed by atoms with Crippen LogP contribution >= 0.6 is 0 Å². The first-order chi connectivity index (χ1) is 20.0. The Labute approximate surface area is 244 Å². The predicted molar refractivity (Wildman–Crippen MR) is 173 cm³/mol. The lowest BCUT2D eigenvalue weighted by molar-refractivity contribution is 0.125. The van der Waals surface area contributed by atoms with E-state index in [2.05, 4.69) is 51.7 Å². The molecule has 41 heavy (non-hydrogen) atoms. The van der Waals surface area contributed by atoms with E-state index in [1.54, 1.807) is 6.20 Å². The fourth-order valence-corrected chi connectivity index (χ4v) is 5.92. The summed E-state index contributed by atoms with van der Waals surface area (Å²) in [6, 6.07) is 20.3. The number of piperazine rings is 1. The number of rotatable bonds is 5. The molecule has 0 spiro atoms. The van der Waals surface area contributed by atoms with Gasteiger partial charge in [0, 0.05) is 68.7 Å². The molecule has 1 aromatic heterocycles. The zero-order chi connectivity index (χ0) is 28.6. The Balaban J connectivity index is 0.000000202. The van der Waals surface area contributed by atoms with Crippen LogP contribution in [0.25, 0.3) is 27.9 Å². The Morgan fingerprint density at radius 1 is 0.951 bits per heavy atom. The third-order valence-corrected chi connectivity index (χ3v) is 8.35. The van der Waals surface area contributed by atoms with Crippen LogP contribution in [0, 0.1) is 5.92 Å². The molecule has 2 fully saturated rings. The largest absolute Gasteiger partial charge is 0.382 e. The topological polar surface area (TPSA) is 73.3 Å². The van der Waals surface area contributed by atoms with Crippen LogP contribution in [0.3, 0.4) is 0 Å². The van der Waals surface area contributed by atoms with Gasteiger partial charge in [-0.2, -0.15) is 0 Å². The smallest absolute Gasteiger partial charge is 0.149 e. The molecule has 2 aromatic carbocycles. The van der Waals surface area contributed by atoms with Crippen molar-refractivity contribution in [2.24, 2.45) is 21.6 Å². The first-order valence-electron chi connectivity index (χ1n) is 14.8. The van der Waals surface area contributed by atoms with Crippen LogP contribution in [-0.4, -0.2) is 79.1 Å². The molecular formula is C34H43N7. The van der Waals surface area contributed by atoms with E-state index < -0.39 is 0 Å².